The Morgan fingerprint density at radius 2 is 1.96 bits per heavy atom. The van der Waals surface area contributed by atoms with Gasteiger partial charge in [0.15, 0.2) is 0 Å². The van der Waals surface area contributed by atoms with Gasteiger partial charge in [-0.3, -0.25) is 9.69 Å². The third-order valence-corrected chi connectivity index (χ3v) is 5.89. The van der Waals surface area contributed by atoms with Crippen molar-refractivity contribution in [2.75, 3.05) is 39.3 Å². The van der Waals surface area contributed by atoms with E-state index >= 15 is 0 Å². The number of amides is 1. The molecule has 0 spiro atoms. The fraction of sp³-hybridized carbons (Fsp3) is 0.611. The van der Waals surface area contributed by atoms with E-state index in [1.807, 2.05) is 18.2 Å². The Labute approximate surface area is 154 Å². The molecule has 3 fully saturated rings. The van der Waals surface area contributed by atoms with E-state index in [0.717, 1.165) is 69.1 Å². The normalized spacial score (nSPS) is 26.0. The highest BCUT2D eigenvalue weighted by molar-refractivity contribution is 6.30. The zero-order valence-electron chi connectivity index (χ0n) is 13.8. The lowest BCUT2D eigenvalue weighted by Crippen LogP contribution is -2.49. The highest BCUT2D eigenvalue weighted by Crippen LogP contribution is 2.50. The quantitative estimate of drug-likeness (QED) is 0.887. The summed E-state index contributed by atoms with van der Waals surface area (Å²) in [6, 6.07) is 8.40. The molecule has 132 valence electrons. The van der Waals surface area contributed by atoms with E-state index in [2.05, 4.69) is 21.2 Å². The van der Waals surface area contributed by atoms with Crippen LogP contribution in [0.1, 0.15) is 24.8 Å². The number of likely N-dealkylation sites (tertiary alicyclic amines) is 1. The van der Waals surface area contributed by atoms with E-state index in [1.54, 1.807) is 0 Å². The molecule has 1 atom stereocenters. The third kappa shape index (κ3) is 3.30. The number of nitrogens with one attached hydrogen (secondary N) is 1. The van der Waals surface area contributed by atoms with Crippen LogP contribution in [0.3, 0.4) is 0 Å². The summed E-state index contributed by atoms with van der Waals surface area (Å²) in [5, 5.41) is 4.12. The topological polar surface area (TPSA) is 35.6 Å². The van der Waals surface area contributed by atoms with Gasteiger partial charge < -0.3 is 10.2 Å². The molecule has 2 saturated heterocycles. The highest BCUT2D eigenvalue weighted by Gasteiger charge is 2.54. The van der Waals surface area contributed by atoms with E-state index in [1.165, 1.54) is 0 Å². The average Bonchev–Trinajstić information content (AvgIpc) is 3.25. The summed E-state index contributed by atoms with van der Waals surface area (Å²) >= 11 is 6.13. The summed E-state index contributed by atoms with van der Waals surface area (Å²) in [5.41, 5.74) is 0.809. The first-order valence-corrected chi connectivity index (χ1v) is 9.07. The van der Waals surface area contributed by atoms with Gasteiger partial charge in [-0.2, -0.15) is 0 Å². The molecule has 2 heterocycles. The lowest BCUT2D eigenvalue weighted by molar-refractivity contribution is -0.133. The second-order valence-electron chi connectivity index (χ2n) is 7.07. The van der Waals surface area contributed by atoms with Crippen molar-refractivity contribution in [1.82, 2.24) is 15.1 Å². The molecule has 1 aliphatic carbocycles. The zero-order valence-corrected chi connectivity index (χ0v) is 15.4. The van der Waals surface area contributed by atoms with Crippen molar-refractivity contribution in [2.24, 2.45) is 0 Å². The summed E-state index contributed by atoms with van der Waals surface area (Å²) in [6.45, 7) is 6.13. The Balaban J connectivity index is 0.00000169. The van der Waals surface area contributed by atoms with Gasteiger partial charge in [-0.1, -0.05) is 23.7 Å². The first-order valence-electron chi connectivity index (χ1n) is 8.69. The average molecular weight is 370 g/mol. The number of carbonyl (C=O) groups is 1. The van der Waals surface area contributed by atoms with E-state index in [4.69, 9.17) is 11.6 Å². The molecule has 1 aromatic carbocycles. The Morgan fingerprint density at radius 3 is 2.62 bits per heavy atom. The fourth-order valence-corrected chi connectivity index (χ4v) is 4.30. The molecule has 0 radical (unpaired) electrons. The molecule has 1 amide bonds. The molecule has 1 aromatic rings. The molecule has 6 heteroatoms. The number of hydrogen-bond acceptors (Lipinski definition) is 3. The Hall–Kier alpha value is -0.810. The predicted octanol–water partition coefficient (Wildman–Crippen LogP) is 2.30. The van der Waals surface area contributed by atoms with Gasteiger partial charge in [-0.25, -0.2) is 0 Å². The summed E-state index contributed by atoms with van der Waals surface area (Å²) in [4.78, 5) is 17.8. The van der Waals surface area contributed by atoms with Gasteiger partial charge in [-0.15, -0.1) is 12.4 Å². The lowest BCUT2D eigenvalue weighted by atomic mass is 9.94. The van der Waals surface area contributed by atoms with Crippen LogP contribution in [0.5, 0.6) is 0 Å². The van der Waals surface area contributed by atoms with Gasteiger partial charge in [0.25, 0.3) is 0 Å². The van der Waals surface area contributed by atoms with E-state index < -0.39 is 0 Å². The van der Waals surface area contributed by atoms with Gasteiger partial charge in [0.05, 0.1) is 5.41 Å². The Kier molecular flexibility index (Phi) is 5.40. The number of benzene rings is 1. The van der Waals surface area contributed by atoms with E-state index in [-0.39, 0.29) is 17.8 Å². The van der Waals surface area contributed by atoms with Crippen molar-refractivity contribution < 1.29 is 4.79 Å². The minimum absolute atomic E-state index is 0. The van der Waals surface area contributed by atoms with Gasteiger partial charge in [0.2, 0.25) is 5.91 Å². The smallest absolute Gasteiger partial charge is 0.233 e. The molecular weight excluding hydrogens is 345 g/mol. The zero-order chi connectivity index (χ0) is 15.9. The molecule has 4 rings (SSSR count). The van der Waals surface area contributed by atoms with Crippen molar-refractivity contribution in [3.05, 3.63) is 34.9 Å². The Bertz CT molecular complexity index is 600. The molecule has 1 saturated carbocycles. The maximum absolute atomic E-state index is 13.1. The van der Waals surface area contributed by atoms with Gasteiger partial charge in [0, 0.05) is 50.3 Å². The standard InChI is InChI=1S/C18H24ClN3O.ClH/c19-15-3-1-2-14(12-15)18(5-6-18)17(23)22-9-4-16(13-22)21-10-7-20-8-11-21;/h1-3,12,16,20H,4-11,13H2;1H. The third-order valence-electron chi connectivity index (χ3n) is 5.66. The largest absolute Gasteiger partial charge is 0.340 e. The first kappa shape index (κ1) is 18.0. The Morgan fingerprint density at radius 1 is 1.21 bits per heavy atom. The maximum atomic E-state index is 13.1. The van der Waals surface area contributed by atoms with Crippen molar-refractivity contribution in [3.63, 3.8) is 0 Å². The highest BCUT2D eigenvalue weighted by atomic mass is 35.5. The summed E-state index contributed by atoms with van der Waals surface area (Å²) in [6.07, 6.45) is 3.03. The molecule has 3 aliphatic rings. The van der Waals surface area contributed by atoms with Crippen molar-refractivity contribution in [2.45, 2.75) is 30.7 Å². The van der Waals surface area contributed by atoms with Crippen LogP contribution in [-0.4, -0.2) is 61.0 Å². The second kappa shape index (κ2) is 7.20. The SMILES string of the molecule is Cl.O=C(N1CCC(N2CCNCC2)C1)C1(c2cccc(Cl)c2)CC1. The number of halogens is 2. The van der Waals surface area contributed by atoms with Crippen molar-refractivity contribution in [3.8, 4) is 0 Å². The van der Waals surface area contributed by atoms with Gasteiger partial charge in [0.1, 0.15) is 0 Å². The number of carbonyl (C=O) groups excluding carboxylic acids is 1. The molecule has 4 nitrogen and oxygen atoms in total. The number of rotatable bonds is 3. The monoisotopic (exact) mass is 369 g/mol. The van der Waals surface area contributed by atoms with Crippen LogP contribution in [0, 0.1) is 0 Å². The van der Waals surface area contributed by atoms with Crippen LogP contribution in [0.25, 0.3) is 0 Å². The second-order valence-corrected chi connectivity index (χ2v) is 7.51. The number of piperazine rings is 1. The minimum atomic E-state index is -0.288. The van der Waals surface area contributed by atoms with Gasteiger partial charge >= 0.3 is 0 Å². The summed E-state index contributed by atoms with van der Waals surface area (Å²) in [7, 11) is 0. The van der Waals surface area contributed by atoms with Crippen LogP contribution in [0.4, 0.5) is 0 Å². The molecule has 2 aliphatic heterocycles. The molecular formula is C18H25Cl2N3O. The maximum Gasteiger partial charge on any atom is 0.233 e. The first-order chi connectivity index (χ1) is 11.2. The van der Waals surface area contributed by atoms with Gasteiger partial charge in [-0.05, 0) is 37.0 Å². The van der Waals surface area contributed by atoms with Crippen LogP contribution in [0.2, 0.25) is 5.02 Å². The van der Waals surface area contributed by atoms with Crippen LogP contribution in [-0.2, 0) is 10.2 Å². The lowest BCUT2D eigenvalue weighted by Gasteiger charge is -2.33. The molecule has 1 N–H and O–H groups in total. The van der Waals surface area contributed by atoms with E-state index in [0.29, 0.717) is 11.9 Å². The predicted molar refractivity (Wildman–Crippen MR) is 99.0 cm³/mol. The minimum Gasteiger partial charge on any atom is -0.340 e. The van der Waals surface area contributed by atoms with Crippen LogP contribution < -0.4 is 5.32 Å². The van der Waals surface area contributed by atoms with Crippen molar-refractivity contribution >= 4 is 29.9 Å². The summed E-state index contributed by atoms with van der Waals surface area (Å²) in [5.74, 6) is 0.317. The van der Waals surface area contributed by atoms with Crippen LogP contribution in [0.15, 0.2) is 24.3 Å². The molecule has 0 aromatic heterocycles. The van der Waals surface area contributed by atoms with Crippen LogP contribution >= 0.6 is 24.0 Å². The fourth-order valence-electron chi connectivity index (χ4n) is 4.11. The molecule has 24 heavy (non-hydrogen) atoms. The molecule has 0 bridgehead atoms. The van der Waals surface area contributed by atoms with Crippen molar-refractivity contribution in [1.29, 1.82) is 0 Å². The number of hydrogen-bond donors (Lipinski definition) is 1. The summed E-state index contributed by atoms with van der Waals surface area (Å²) < 4.78 is 0. The van der Waals surface area contributed by atoms with E-state index in [9.17, 15) is 4.79 Å². The molecule has 1 unspecified atom stereocenters. The number of nitrogens with zero attached hydrogens (tertiary/aromatic N) is 2.